The summed E-state index contributed by atoms with van der Waals surface area (Å²) in [5, 5.41) is 6.10. The van der Waals surface area contributed by atoms with Crippen LogP contribution in [0.4, 0.5) is 0 Å². The highest BCUT2D eigenvalue weighted by molar-refractivity contribution is 9.10. The molecule has 0 aliphatic heterocycles. The van der Waals surface area contributed by atoms with Gasteiger partial charge in [-0.2, -0.15) is 0 Å². The molecule has 0 spiro atoms. The van der Waals surface area contributed by atoms with Crippen molar-refractivity contribution in [2.45, 2.75) is 11.5 Å². The number of hydrogen-bond acceptors (Lipinski definition) is 3. The normalized spacial score (nSPS) is 11.4. The Labute approximate surface area is 141 Å². The second-order valence-corrected chi connectivity index (χ2v) is 7.42. The van der Waals surface area contributed by atoms with Crippen molar-refractivity contribution in [1.29, 1.82) is 0 Å². The maximum absolute atomic E-state index is 11.2. The van der Waals surface area contributed by atoms with E-state index in [1.807, 2.05) is 0 Å². The monoisotopic (exact) mass is 409 g/mol. The molecule has 0 radical (unpaired) electrons. The fourth-order valence-electron chi connectivity index (χ4n) is 1.57. The van der Waals surface area contributed by atoms with E-state index in [1.165, 1.54) is 18.2 Å². The van der Waals surface area contributed by atoms with Gasteiger partial charge in [-0.1, -0.05) is 29.3 Å². The SMILES string of the molecule is NS(=O)(=O)c1ccc(OCc2ccc(Cl)cc2Cl)c(Br)c1. The molecule has 0 bridgehead atoms. The summed E-state index contributed by atoms with van der Waals surface area (Å²) in [5.74, 6) is 0.480. The van der Waals surface area contributed by atoms with Crippen LogP contribution in [0.25, 0.3) is 0 Å². The van der Waals surface area contributed by atoms with Crippen LogP contribution in [0.2, 0.25) is 10.0 Å². The van der Waals surface area contributed by atoms with Crippen LogP contribution >= 0.6 is 39.1 Å². The highest BCUT2D eigenvalue weighted by Gasteiger charge is 2.11. The molecular weight excluding hydrogens is 401 g/mol. The van der Waals surface area contributed by atoms with Crippen LogP contribution in [0.3, 0.4) is 0 Å². The Bertz CT molecular complexity index is 781. The van der Waals surface area contributed by atoms with Gasteiger partial charge in [0, 0.05) is 15.6 Å². The molecule has 0 aromatic heterocycles. The molecule has 4 nitrogen and oxygen atoms in total. The van der Waals surface area contributed by atoms with Crippen molar-refractivity contribution in [2.24, 2.45) is 5.14 Å². The van der Waals surface area contributed by atoms with Crippen molar-refractivity contribution in [3.8, 4) is 5.75 Å². The Morgan fingerprint density at radius 1 is 1.14 bits per heavy atom. The number of benzene rings is 2. The minimum absolute atomic E-state index is 0.00579. The fraction of sp³-hybridized carbons (Fsp3) is 0.0769. The molecule has 8 heteroatoms. The summed E-state index contributed by atoms with van der Waals surface area (Å²) in [5.41, 5.74) is 0.767. The van der Waals surface area contributed by atoms with Crippen LogP contribution in [0, 0.1) is 0 Å². The molecule has 112 valence electrons. The van der Waals surface area contributed by atoms with Crippen LogP contribution in [0.5, 0.6) is 5.75 Å². The quantitative estimate of drug-likeness (QED) is 0.828. The predicted octanol–water partition coefficient (Wildman–Crippen LogP) is 3.98. The second-order valence-electron chi connectivity index (χ2n) is 4.16. The number of hydrogen-bond donors (Lipinski definition) is 1. The summed E-state index contributed by atoms with van der Waals surface area (Å²) in [6.45, 7) is 0.226. The minimum atomic E-state index is -3.74. The average Bonchev–Trinajstić information content (AvgIpc) is 2.38. The first-order valence-electron chi connectivity index (χ1n) is 5.66. The van der Waals surface area contributed by atoms with Gasteiger partial charge in [0.15, 0.2) is 0 Å². The Morgan fingerprint density at radius 3 is 2.43 bits per heavy atom. The summed E-state index contributed by atoms with van der Waals surface area (Å²) < 4.78 is 28.6. The third-order valence-electron chi connectivity index (χ3n) is 2.63. The van der Waals surface area contributed by atoms with E-state index in [9.17, 15) is 8.42 Å². The lowest BCUT2D eigenvalue weighted by molar-refractivity contribution is 0.304. The summed E-state index contributed by atoms with van der Waals surface area (Å²) in [7, 11) is -3.74. The van der Waals surface area contributed by atoms with Gasteiger partial charge in [0.2, 0.25) is 10.0 Å². The first-order valence-corrected chi connectivity index (χ1v) is 8.76. The Morgan fingerprint density at radius 2 is 1.86 bits per heavy atom. The summed E-state index contributed by atoms with van der Waals surface area (Å²) in [6.07, 6.45) is 0. The largest absolute Gasteiger partial charge is 0.488 e. The van der Waals surface area contributed by atoms with Gasteiger partial charge in [0.1, 0.15) is 12.4 Å². The maximum Gasteiger partial charge on any atom is 0.238 e. The molecule has 2 rings (SSSR count). The third kappa shape index (κ3) is 4.34. The predicted molar refractivity (Wildman–Crippen MR) is 86.3 cm³/mol. The molecule has 2 N–H and O–H groups in total. The Hall–Kier alpha value is -0.790. The summed E-state index contributed by atoms with van der Waals surface area (Å²) >= 11 is 15.1. The molecule has 21 heavy (non-hydrogen) atoms. The molecule has 0 aliphatic rings. The lowest BCUT2D eigenvalue weighted by Gasteiger charge is -2.10. The second kappa shape index (κ2) is 6.54. The first kappa shape index (κ1) is 16.6. The van der Waals surface area contributed by atoms with Crippen molar-refractivity contribution in [1.82, 2.24) is 0 Å². The number of sulfonamides is 1. The zero-order valence-corrected chi connectivity index (χ0v) is 14.4. The van der Waals surface area contributed by atoms with Crippen LogP contribution in [0.15, 0.2) is 45.8 Å². The summed E-state index contributed by atoms with van der Waals surface area (Å²) in [6, 6.07) is 9.38. The van der Waals surface area contributed by atoms with E-state index in [1.54, 1.807) is 18.2 Å². The van der Waals surface area contributed by atoms with E-state index in [4.69, 9.17) is 33.1 Å². The van der Waals surface area contributed by atoms with E-state index in [0.717, 1.165) is 5.56 Å². The lowest BCUT2D eigenvalue weighted by Crippen LogP contribution is -2.12. The standard InChI is InChI=1S/C13H10BrCl2NO3S/c14-11-6-10(21(17,18)19)3-4-13(11)20-7-8-1-2-9(15)5-12(8)16/h1-6H,7H2,(H2,17,18,19). The minimum Gasteiger partial charge on any atom is -0.488 e. The molecule has 2 aromatic carbocycles. The fourth-order valence-corrected chi connectivity index (χ4v) is 3.22. The molecule has 0 saturated carbocycles. The van der Waals surface area contributed by atoms with Gasteiger partial charge in [-0.25, -0.2) is 13.6 Å². The van der Waals surface area contributed by atoms with Crippen LogP contribution in [-0.4, -0.2) is 8.42 Å². The molecule has 0 atom stereocenters. The van der Waals surface area contributed by atoms with Gasteiger partial charge in [-0.05, 0) is 46.3 Å². The molecule has 2 aromatic rings. The third-order valence-corrected chi connectivity index (χ3v) is 4.75. The average molecular weight is 411 g/mol. The van der Waals surface area contributed by atoms with Crippen LogP contribution < -0.4 is 9.88 Å². The molecule has 0 aliphatic carbocycles. The molecule has 0 fully saturated rings. The van der Waals surface area contributed by atoms with Gasteiger partial charge in [0.25, 0.3) is 0 Å². The number of nitrogens with two attached hydrogens (primary N) is 1. The molecule has 0 saturated heterocycles. The lowest BCUT2D eigenvalue weighted by atomic mass is 10.2. The van der Waals surface area contributed by atoms with Crippen LogP contribution in [-0.2, 0) is 16.6 Å². The molecule has 0 heterocycles. The van der Waals surface area contributed by atoms with E-state index < -0.39 is 10.0 Å². The highest BCUT2D eigenvalue weighted by atomic mass is 79.9. The van der Waals surface area contributed by atoms with E-state index >= 15 is 0 Å². The molecular formula is C13H10BrCl2NO3S. The van der Waals surface area contributed by atoms with Gasteiger partial charge in [-0.3, -0.25) is 0 Å². The number of rotatable bonds is 4. The number of primary sulfonamides is 1. The van der Waals surface area contributed by atoms with Gasteiger partial charge in [0.05, 0.1) is 9.37 Å². The van der Waals surface area contributed by atoms with E-state index in [0.29, 0.717) is 20.3 Å². The zero-order valence-electron chi connectivity index (χ0n) is 10.5. The van der Waals surface area contributed by atoms with E-state index in [-0.39, 0.29) is 11.5 Å². The number of ether oxygens (including phenoxy) is 1. The van der Waals surface area contributed by atoms with Crippen molar-refractivity contribution < 1.29 is 13.2 Å². The van der Waals surface area contributed by atoms with E-state index in [2.05, 4.69) is 15.9 Å². The van der Waals surface area contributed by atoms with Crippen LogP contribution in [0.1, 0.15) is 5.56 Å². The van der Waals surface area contributed by atoms with Crippen molar-refractivity contribution >= 4 is 49.2 Å². The van der Waals surface area contributed by atoms with Crippen molar-refractivity contribution in [2.75, 3.05) is 0 Å². The Balaban J connectivity index is 2.17. The van der Waals surface area contributed by atoms with Gasteiger partial charge < -0.3 is 4.74 Å². The summed E-state index contributed by atoms with van der Waals surface area (Å²) in [4.78, 5) is 0.00579. The molecule has 0 unspecified atom stereocenters. The molecule has 0 amide bonds. The highest BCUT2D eigenvalue weighted by Crippen LogP contribution is 2.29. The maximum atomic E-state index is 11.2. The van der Waals surface area contributed by atoms with Crippen molar-refractivity contribution in [3.05, 3.63) is 56.5 Å². The smallest absolute Gasteiger partial charge is 0.238 e. The van der Waals surface area contributed by atoms with Crippen molar-refractivity contribution in [3.63, 3.8) is 0 Å². The topological polar surface area (TPSA) is 69.4 Å². The van der Waals surface area contributed by atoms with Gasteiger partial charge in [-0.15, -0.1) is 0 Å². The first-order chi connectivity index (χ1) is 9.77. The Kier molecular flexibility index (Phi) is 5.16. The number of halogens is 3. The zero-order chi connectivity index (χ0) is 15.6. The van der Waals surface area contributed by atoms with Gasteiger partial charge >= 0.3 is 0 Å².